The molecule has 0 N–H and O–H groups in total. The first-order chi connectivity index (χ1) is 11.8. The molecule has 0 radical (unpaired) electrons. The van der Waals surface area contributed by atoms with Gasteiger partial charge in [0.15, 0.2) is 0 Å². The van der Waals surface area contributed by atoms with Crippen LogP contribution in [-0.2, 0) is 5.54 Å². The monoisotopic (exact) mass is 312 g/mol. The van der Waals surface area contributed by atoms with Crippen molar-refractivity contribution in [1.29, 1.82) is 0 Å². The Balaban J connectivity index is 1.82. The van der Waals surface area contributed by atoms with Gasteiger partial charge < -0.3 is 4.90 Å². The number of amidine groups is 1. The zero-order chi connectivity index (χ0) is 16.4. The SMILES string of the molecule is CC1(c2ccccc2)CN(c2ccccc2)C(c2ccccc2)=N1. The van der Waals surface area contributed by atoms with E-state index < -0.39 is 0 Å². The van der Waals surface area contributed by atoms with Crippen molar-refractivity contribution in [2.24, 2.45) is 4.99 Å². The molecule has 1 unspecified atom stereocenters. The first-order valence-electron chi connectivity index (χ1n) is 8.30. The number of aliphatic imine (C=N–C) groups is 1. The van der Waals surface area contributed by atoms with Gasteiger partial charge in [0.25, 0.3) is 0 Å². The molecule has 3 aromatic carbocycles. The third-order valence-electron chi connectivity index (χ3n) is 4.57. The molecule has 0 amide bonds. The van der Waals surface area contributed by atoms with Crippen molar-refractivity contribution in [2.75, 3.05) is 11.4 Å². The molecule has 1 heterocycles. The van der Waals surface area contributed by atoms with Gasteiger partial charge in [-0.15, -0.1) is 0 Å². The van der Waals surface area contributed by atoms with Crippen LogP contribution in [0, 0.1) is 0 Å². The molecule has 0 saturated heterocycles. The van der Waals surface area contributed by atoms with Gasteiger partial charge in [0, 0.05) is 11.3 Å². The fourth-order valence-electron chi connectivity index (χ4n) is 3.29. The Labute approximate surface area is 143 Å². The van der Waals surface area contributed by atoms with Crippen molar-refractivity contribution in [3.05, 3.63) is 102 Å². The van der Waals surface area contributed by atoms with Crippen molar-refractivity contribution in [3.8, 4) is 0 Å². The van der Waals surface area contributed by atoms with E-state index in [1.165, 1.54) is 11.3 Å². The maximum atomic E-state index is 5.16. The van der Waals surface area contributed by atoms with Gasteiger partial charge in [0.2, 0.25) is 0 Å². The molecule has 2 heteroatoms. The smallest absolute Gasteiger partial charge is 0.136 e. The summed E-state index contributed by atoms with van der Waals surface area (Å²) in [5.74, 6) is 1.04. The van der Waals surface area contributed by atoms with Gasteiger partial charge in [-0.25, -0.2) is 0 Å². The van der Waals surface area contributed by atoms with E-state index in [0.717, 1.165) is 17.9 Å². The summed E-state index contributed by atoms with van der Waals surface area (Å²) < 4.78 is 0. The van der Waals surface area contributed by atoms with E-state index in [1.54, 1.807) is 0 Å². The number of hydrogen-bond donors (Lipinski definition) is 0. The zero-order valence-corrected chi connectivity index (χ0v) is 13.8. The summed E-state index contributed by atoms with van der Waals surface area (Å²) in [6.45, 7) is 3.06. The molecular weight excluding hydrogens is 292 g/mol. The average molecular weight is 312 g/mol. The van der Waals surface area contributed by atoms with Gasteiger partial charge in [-0.3, -0.25) is 4.99 Å². The van der Waals surface area contributed by atoms with Crippen molar-refractivity contribution < 1.29 is 0 Å². The van der Waals surface area contributed by atoms with Crippen LogP contribution in [0.2, 0.25) is 0 Å². The van der Waals surface area contributed by atoms with Gasteiger partial charge in [-0.2, -0.15) is 0 Å². The number of anilines is 1. The quantitative estimate of drug-likeness (QED) is 0.674. The predicted molar refractivity (Wildman–Crippen MR) is 101 cm³/mol. The highest BCUT2D eigenvalue weighted by atomic mass is 15.3. The van der Waals surface area contributed by atoms with E-state index in [1.807, 2.05) is 6.07 Å². The molecule has 1 aliphatic heterocycles. The lowest BCUT2D eigenvalue weighted by Gasteiger charge is -2.25. The lowest BCUT2D eigenvalue weighted by molar-refractivity contribution is 0.540. The average Bonchev–Trinajstić information content (AvgIpc) is 3.03. The second-order valence-electron chi connectivity index (χ2n) is 6.36. The second kappa shape index (κ2) is 5.97. The lowest BCUT2D eigenvalue weighted by Crippen LogP contribution is -2.33. The molecule has 2 nitrogen and oxygen atoms in total. The van der Waals surface area contributed by atoms with Crippen LogP contribution in [0.3, 0.4) is 0 Å². The Morgan fingerprint density at radius 1 is 0.750 bits per heavy atom. The zero-order valence-electron chi connectivity index (χ0n) is 13.8. The third-order valence-corrected chi connectivity index (χ3v) is 4.57. The predicted octanol–water partition coefficient (Wildman–Crippen LogP) is 4.87. The highest BCUT2D eigenvalue weighted by Crippen LogP contribution is 2.35. The van der Waals surface area contributed by atoms with Crippen LogP contribution < -0.4 is 4.90 Å². The van der Waals surface area contributed by atoms with Crippen LogP contribution >= 0.6 is 0 Å². The summed E-state index contributed by atoms with van der Waals surface area (Å²) in [7, 11) is 0. The molecule has 0 saturated carbocycles. The molecule has 3 aromatic rings. The Morgan fingerprint density at radius 2 is 1.29 bits per heavy atom. The normalized spacial score (nSPS) is 20.0. The van der Waals surface area contributed by atoms with E-state index in [0.29, 0.717) is 0 Å². The van der Waals surface area contributed by atoms with Gasteiger partial charge in [0.05, 0.1) is 6.54 Å². The van der Waals surface area contributed by atoms with Crippen LogP contribution in [0.5, 0.6) is 0 Å². The molecule has 0 spiro atoms. The van der Waals surface area contributed by atoms with Gasteiger partial charge in [-0.1, -0.05) is 78.9 Å². The second-order valence-corrected chi connectivity index (χ2v) is 6.36. The summed E-state index contributed by atoms with van der Waals surface area (Å²) in [5.41, 5.74) is 3.33. The van der Waals surface area contributed by atoms with E-state index in [4.69, 9.17) is 4.99 Å². The van der Waals surface area contributed by atoms with Crippen LogP contribution in [0.4, 0.5) is 5.69 Å². The number of para-hydroxylation sites is 1. The fourth-order valence-corrected chi connectivity index (χ4v) is 3.29. The van der Waals surface area contributed by atoms with Crippen LogP contribution in [0.1, 0.15) is 18.1 Å². The minimum Gasteiger partial charge on any atom is -0.323 e. The minimum atomic E-state index is -0.248. The molecule has 0 fully saturated rings. The summed E-state index contributed by atoms with van der Waals surface area (Å²) in [6, 6.07) is 31.5. The number of nitrogens with zero attached hydrogens (tertiary/aromatic N) is 2. The van der Waals surface area contributed by atoms with Crippen molar-refractivity contribution in [1.82, 2.24) is 0 Å². The summed E-state index contributed by atoms with van der Waals surface area (Å²) in [4.78, 5) is 7.48. The maximum Gasteiger partial charge on any atom is 0.136 e. The minimum absolute atomic E-state index is 0.248. The first kappa shape index (κ1) is 14.7. The van der Waals surface area contributed by atoms with E-state index in [-0.39, 0.29) is 5.54 Å². The number of benzene rings is 3. The molecule has 24 heavy (non-hydrogen) atoms. The standard InChI is InChI=1S/C22H20N2/c1-22(19-13-7-3-8-14-19)17-24(20-15-9-4-10-16-20)21(23-22)18-11-5-2-6-12-18/h2-16H,17H2,1H3. The number of hydrogen-bond acceptors (Lipinski definition) is 2. The number of rotatable bonds is 3. The Hall–Kier alpha value is -2.87. The van der Waals surface area contributed by atoms with Gasteiger partial charge in [-0.05, 0) is 24.6 Å². The summed E-state index contributed by atoms with van der Waals surface area (Å²) in [5, 5.41) is 0. The molecule has 1 atom stereocenters. The Bertz CT molecular complexity index is 841. The summed E-state index contributed by atoms with van der Waals surface area (Å²) >= 11 is 0. The molecule has 4 rings (SSSR count). The molecule has 1 aliphatic rings. The highest BCUT2D eigenvalue weighted by molar-refractivity contribution is 6.11. The Kier molecular flexibility index (Phi) is 3.66. The third kappa shape index (κ3) is 2.61. The topological polar surface area (TPSA) is 15.6 Å². The molecule has 118 valence electrons. The van der Waals surface area contributed by atoms with Crippen molar-refractivity contribution >= 4 is 11.5 Å². The maximum absolute atomic E-state index is 5.16. The lowest BCUT2D eigenvalue weighted by atomic mass is 9.93. The van der Waals surface area contributed by atoms with E-state index in [2.05, 4.69) is 96.8 Å². The highest BCUT2D eigenvalue weighted by Gasteiger charge is 2.37. The van der Waals surface area contributed by atoms with Crippen molar-refractivity contribution in [3.63, 3.8) is 0 Å². The summed E-state index contributed by atoms with van der Waals surface area (Å²) in [6.07, 6.45) is 0. The molecule has 0 aliphatic carbocycles. The van der Waals surface area contributed by atoms with Crippen molar-refractivity contribution in [2.45, 2.75) is 12.5 Å². The molecular formula is C22H20N2. The largest absolute Gasteiger partial charge is 0.323 e. The Morgan fingerprint density at radius 3 is 1.92 bits per heavy atom. The fraction of sp³-hybridized carbons (Fsp3) is 0.136. The van der Waals surface area contributed by atoms with Crippen LogP contribution in [0.25, 0.3) is 0 Å². The van der Waals surface area contributed by atoms with E-state index >= 15 is 0 Å². The van der Waals surface area contributed by atoms with Crippen LogP contribution in [-0.4, -0.2) is 12.4 Å². The van der Waals surface area contributed by atoms with E-state index in [9.17, 15) is 0 Å². The molecule has 0 aromatic heterocycles. The first-order valence-corrected chi connectivity index (χ1v) is 8.30. The molecule has 0 bridgehead atoms. The van der Waals surface area contributed by atoms with Gasteiger partial charge >= 0.3 is 0 Å². The van der Waals surface area contributed by atoms with Crippen LogP contribution in [0.15, 0.2) is 96.0 Å². The van der Waals surface area contributed by atoms with Gasteiger partial charge in [0.1, 0.15) is 11.4 Å².